The van der Waals surface area contributed by atoms with Gasteiger partial charge in [-0.1, -0.05) is 0 Å². The van der Waals surface area contributed by atoms with E-state index in [1.807, 2.05) is 0 Å². The molecule has 2 aromatic heterocycles. The minimum atomic E-state index is -1.01. The van der Waals surface area contributed by atoms with E-state index < -0.39 is 17.5 Å². The Morgan fingerprint density at radius 2 is 2.04 bits per heavy atom. The van der Waals surface area contributed by atoms with Crippen molar-refractivity contribution in [3.05, 3.63) is 53.4 Å². The first kappa shape index (κ1) is 14.6. The van der Waals surface area contributed by atoms with Crippen molar-refractivity contribution in [3.8, 4) is 0 Å². The van der Waals surface area contributed by atoms with Crippen LogP contribution in [0.3, 0.4) is 0 Å². The molecule has 0 bridgehead atoms. The number of anilines is 2. The lowest BCUT2D eigenvalue weighted by molar-refractivity contribution is 0.102. The number of H-pyrrole nitrogens is 1. The lowest BCUT2D eigenvalue weighted by Gasteiger charge is -2.06. The van der Waals surface area contributed by atoms with Crippen LogP contribution in [0.25, 0.3) is 10.9 Å². The Balaban J connectivity index is 1.94. The van der Waals surface area contributed by atoms with Gasteiger partial charge in [-0.05, 0) is 12.1 Å². The summed E-state index contributed by atoms with van der Waals surface area (Å²) >= 11 is 0. The van der Waals surface area contributed by atoms with E-state index in [9.17, 15) is 13.6 Å². The molecule has 0 saturated heterocycles. The van der Waals surface area contributed by atoms with E-state index in [-0.39, 0.29) is 11.4 Å². The molecule has 23 heavy (non-hydrogen) atoms. The molecule has 2 heterocycles. The number of hydrogen-bond acceptors (Lipinski definition) is 4. The summed E-state index contributed by atoms with van der Waals surface area (Å²) in [6.45, 7) is 0. The molecule has 3 aromatic rings. The average molecular weight is 315 g/mol. The molecule has 1 amide bonds. The van der Waals surface area contributed by atoms with E-state index in [0.29, 0.717) is 22.2 Å². The quantitative estimate of drug-likeness (QED) is 0.558. The Morgan fingerprint density at radius 1 is 1.30 bits per heavy atom. The van der Waals surface area contributed by atoms with E-state index in [2.05, 4.69) is 15.3 Å². The van der Waals surface area contributed by atoms with Gasteiger partial charge in [0.05, 0.1) is 16.8 Å². The summed E-state index contributed by atoms with van der Waals surface area (Å²) in [5, 5.41) is 10.1. The Kier molecular flexibility index (Phi) is 3.49. The van der Waals surface area contributed by atoms with E-state index in [4.69, 9.17) is 11.1 Å². The lowest BCUT2D eigenvalue weighted by atomic mass is 10.1. The van der Waals surface area contributed by atoms with Gasteiger partial charge in [0, 0.05) is 35.6 Å². The van der Waals surface area contributed by atoms with E-state index in [1.165, 1.54) is 18.5 Å². The highest BCUT2D eigenvalue weighted by atomic mass is 19.2. The average Bonchev–Trinajstić information content (AvgIpc) is 2.90. The molecule has 8 heteroatoms. The first-order valence-corrected chi connectivity index (χ1v) is 6.53. The zero-order chi connectivity index (χ0) is 16.6. The van der Waals surface area contributed by atoms with E-state index in [0.717, 1.165) is 18.3 Å². The van der Waals surface area contributed by atoms with Gasteiger partial charge in [-0.15, -0.1) is 0 Å². The number of pyridine rings is 1. The Morgan fingerprint density at radius 3 is 2.78 bits per heavy atom. The van der Waals surface area contributed by atoms with Crippen LogP contribution in [0.15, 0.2) is 30.6 Å². The van der Waals surface area contributed by atoms with Crippen LogP contribution in [0.4, 0.5) is 20.3 Å². The number of amides is 1. The molecule has 0 unspecified atom stereocenters. The molecule has 0 aliphatic carbocycles. The van der Waals surface area contributed by atoms with Gasteiger partial charge in [0.2, 0.25) is 0 Å². The topological polar surface area (TPSA) is 108 Å². The van der Waals surface area contributed by atoms with Gasteiger partial charge >= 0.3 is 0 Å². The van der Waals surface area contributed by atoms with Gasteiger partial charge in [-0.25, -0.2) is 13.8 Å². The van der Waals surface area contributed by atoms with Crippen LogP contribution in [0.1, 0.15) is 15.9 Å². The summed E-state index contributed by atoms with van der Waals surface area (Å²) in [6.07, 6.45) is 3.69. The van der Waals surface area contributed by atoms with Crippen LogP contribution in [0, 0.1) is 17.0 Å². The number of nitrogens with two attached hydrogens (primary N) is 1. The summed E-state index contributed by atoms with van der Waals surface area (Å²) in [5.74, 6) is -2.35. The lowest BCUT2D eigenvalue weighted by Crippen LogP contribution is -2.13. The number of benzene rings is 1. The molecule has 0 atom stereocenters. The second-order valence-corrected chi connectivity index (χ2v) is 4.81. The van der Waals surface area contributed by atoms with Gasteiger partial charge in [-0.3, -0.25) is 4.79 Å². The molecule has 0 aliphatic heterocycles. The highest BCUT2D eigenvalue weighted by Gasteiger charge is 2.14. The summed E-state index contributed by atoms with van der Waals surface area (Å²) in [4.78, 5) is 18.8. The first-order chi connectivity index (χ1) is 11.0. The standard InChI is InChI=1S/C15H11F2N5O/c16-10-2-9-12(3-11(10)17)20-6-13(9)22-15(23)8-1-7(4-18)14(19)21-5-8/h1-6,18,20H,(H2,19,21)(H,22,23). The van der Waals surface area contributed by atoms with Gasteiger partial charge in [0.15, 0.2) is 11.6 Å². The number of nitrogen functional groups attached to an aromatic ring is 1. The number of fused-ring (bicyclic) bond motifs is 1. The maximum Gasteiger partial charge on any atom is 0.257 e. The maximum atomic E-state index is 13.4. The Labute approximate surface area is 128 Å². The second-order valence-electron chi connectivity index (χ2n) is 4.81. The number of aromatic amines is 1. The summed E-state index contributed by atoms with van der Waals surface area (Å²) < 4.78 is 26.5. The smallest absolute Gasteiger partial charge is 0.257 e. The molecule has 0 radical (unpaired) electrons. The maximum absolute atomic E-state index is 13.4. The molecular weight excluding hydrogens is 304 g/mol. The summed E-state index contributed by atoms with van der Waals surface area (Å²) in [7, 11) is 0. The molecule has 0 spiro atoms. The van der Waals surface area contributed by atoms with E-state index in [1.54, 1.807) is 0 Å². The minimum absolute atomic E-state index is 0.140. The fourth-order valence-electron chi connectivity index (χ4n) is 2.15. The van der Waals surface area contributed by atoms with Crippen molar-refractivity contribution in [1.29, 1.82) is 5.41 Å². The molecule has 3 rings (SSSR count). The van der Waals surface area contributed by atoms with Crippen LogP contribution < -0.4 is 11.1 Å². The van der Waals surface area contributed by atoms with Gasteiger partial charge < -0.3 is 21.4 Å². The highest BCUT2D eigenvalue weighted by Crippen LogP contribution is 2.26. The van der Waals surface area contributed by atoms with Crippen molar-refractivity contribution < 1.29 is 13.6 Å². The van der Waals surface area contributed by atoms with Crippen molar-refractivity contribution >= 4 is 34.5 Å². The minimum Gasteiger partial charge on any atom is -0.383 e. The van der Waals surface area contributed by atoms with Crippen molar-refractivity contribution in [1.82, 2.24) is 9.97 Å². The van der Waals surface area contributed by atoms with Gasteiger partial charge in [-0.2, -0.15) is 0 Å². The number of nitrogens with one attached hydrogen (secondary N) is 3. The van der Waals surface area contributed by atoms with Crippen LogP contribution in [-0.2, 0) is 0 Å². The predicted octanol–water partition coefficient (Wildman–Crippen LogP) is 2.67. The summed E-state index contributed by atoms with van der Waals surface area (Å²) in [6, 6.07) is 3.43. The number of rotatable bonds is 3. The second kappa shape index (κ2) is 5.48. The molecule has 1 aromatic carbocycles. The van der Waals surface area contributed by atoms with Crippen LogP contribution in [0.5, 0.6) is 0 Å². The number of aromatic nitrogens is 2. The fourth-order valence-corrected chi connectivity index (χ4v) is 2.15. The van der Waals surface area contributed by atoms with Crippen LogP contribution in [-0.4, -0.2) is 22.1 Å². The Hall–Kier alpha value is -3.29. The molecule has 0 aliphatic rings. The zero-order valence-corrected chi connectivity index (χ0v) is 11.7. The predicted molar refractivity (Wildman–Crippen MR) is 82.7 cm³/mol. The summed E-state index contributed by atoms with van der Waals surface area (Å²) in [5.41, 5.74) is 6.72. The molecule has 116 valence electrons. The number of hydrogen-bond donors (Lipinski definition) is 4. The van der Waals surface area contributed by atoms with Crippen molar-refractivity contribution in [3.63, 3.8) is 0 Å². The van der Waals surface area contributed by atoms with Gasteiger partial charge in [0.25, 0.3) is 5.91 Å². The molecule has 5 N–H and O–H groups in total. The van der Waals surface area contributed by atoms with Crippen molar-refractivity contribution in [2.75, 3.05) is 11.1 Å². The van der Waals surface area contributed by atoms with Crippen LogP contribution in [0.2, 0.25) is 0 Å². The van der Waals surface area contributed by atoms with E-state index >= 15 is 0 Å². The SMILES string of the molecule is N=Cc1cc(C(=O)Nc2c[nH]c3cc(F)c(F)cc23)cnc1N. The highest BCUT2D eigenvalue weighted by molar-refractivity contribution is 6.09. The molecule has 6 nitrogen and oxygen atoms in total. The van der Waals surface area contributed by atoms with Crippen molar-refractivity contribution in [2.24, 2.45) is 0 Å². The molecular formula is C15H11F2N5O. The number of carbonyl (C=O) groups is 1. The normalized spacial score (nSPS) is 10.7. The third-order valence-corrected chi connectivity index (χ3v) is 3.34. The number of carbonyl (C=O) groups excluding carboxylic acids is 1. The van der Waals surface area contributed by atoms with Gasteiger partial charge in [0.1, 0.15) is 5.82 Å². The number of halogens is 2. The third-order valence-electron chi connectivity index (χ3n) is 3.34. The Bertz CT molecular complexity index is 935. The van der Waals surface area contributed by atoms with Crippen LogP contribution >= 0.6 is 0 Å². The monoisotopic (exact) mass is 315 g/mol. The number of nitrogens with zero attached hydrogens (tertiary/aromatic N) is 1. The molecule has 0 fully saturated rings. The molecule has 0 saturated carbocycles. The third kappa shape index (κ3) is 2.61. The fraction of sp³-hybridized carbons (Fsp3) is 0. The zero-order valence-electron chi connectivity index (χ0n) is 11.7. The van der Waals surface area contributed by atoms with Crippen molar-refractivity contribution in [2.45, 2.75) is 0 Å². The first-order valence-electron chi connectivity index (χ1n) is 6.53. The largest absolute Gasteiger partial charge is 0.383 e.